The first-order valence-electron chi connectivity index (χ1n) is 8.88. The third-order valence-corrected chi connectivity index (χ3v) is 4.14. The zero-order valence-electron chi connectivity index (χ0n) is 20.0. The van der Waals surface area contributed by atoms with E-state index in [0.717, 1.165) is 0 Å². The number of halogens is 2. The largest absolute Gasteiger partial charge is 0.476 e. The maximum Gasteiger partial charge on any atom is 0.373 e. The van der Waals surface area contributed by atoms with Crippen molar-refractivity contribution in [3.8, 4) is 0 Å². The first-order chi connectivity index (χ1) is 15.1. The second-order valence-corrected chi connectivity index (χ2v) is 8.29. The highest BCUT2D eigenvalue weighted by Gasteiger charge is 2.09. The Labute approximate surface area is 233 Å². The summed E-state index contributed by atoms with van der Waals surface area (Å²) in [5.41, 5.74) is 9.57. The summed E-state index contributed by atoms with van der Waals surface area (Å²) >= 11 is 13.2. The average Bonchev–Trinajstić information content (AvgIpc) is 3.24. The van der Waals surface area contributed by atoms with Crippen LogP contribution in [-0.4, -0.2) is 82.2 Å². The molecule has 1 aromatic heterocycles. The van der Waals surface area contributed by atoms with Gasteiger partial charge in [0.15, 0.2) is 21.1 Å². The molecule has 0 aliphatic heterocycles. The maximum atomic E-state index is 10.2. The number of aromatic carboxylic acids is 1. The standard InChI is InChI=1S/C6H14N2S.C5H6N2O2S.C3H3BrO3.C2H6N2S.CH5N.BrH/c1-6(2,3)8-5(9)7-4;1-6-5-7-3(2-10-5)4(8)9;4-1-2(5)3(6)7;1-4-2(3)5;1-2;/h1-4H3,(H2,7,8,9);2H,1H3,(H,6,7)(H,8,9);1H2,(H,6,7);1H3,(H3,3,4,5);2H2,1H3;1H. The molecule has 0 bridgehead atoms. The van der Waals surface area contributed by atoms with Crippen LogP contribution in [0.15, 0.2) is 5.38 Å². The van der Waals surface area contributed by atoms with Gasteiger partial charge in [0, 0.05) is 32.1 Å². The minimum absolute atomic E-state index is 0. The van der Waals surface area contributed by atoms with Crippen molar-refractivity contribution in [3.63, 3.8) is 0 Å². The van der Waals surface area contributed by atoms with E-state index in [9.17, 15) is 14.4 Å². The Bertz CT molecular complexity index is 733. The lowest BCUT2D eigenvalue weighted by molar-refractivity contribution is -0.147. The molecule has 0 fully saturated rings. The number of aromatic nitrogens is 1. The molecule has 12 nitrogen and oxygen atoms in total. The van der Waals surface area contributed by atoms with E-state index in [4.69, 9.17) is 28.2 Å². The molecular weight excluding hydrogens is 638 g/mol. The normalized spacial score (nSPS) is 8.38. The molecule has 34 heavy (non-hydrogen) atoms. The number of alkyl halides is 1. The summed E-state index contributed by atoms with van der Waals surface area (Å²) < 4.78 is 0. The molecule has 10 N–H and O–H groups in total. The number of nitrogens with two attached hydrogens (primary N) is 2. The third-order valence-electron chi connectivity index (χ3n) is 2.26. The topological polar surface area (TPSA) is 205 Å². The van der Waals surface area contributed by atoms with E-state index < -0.39 is 17.7 Å². The van der Waals surface area contributed by atoms with Crippen LogP contribution in [0.3, 0.4) is 0 Å². The van der Waals surface area contributed by atoms with Crippen molar-refractivity contribution in [2.75, 3.05) is 38.8 Å². The number of hydrogen-bond donors (Lipinski definition) is 8. The Morgan fingerprint density at radius 2 is 1.56 bits per heavy atom. The number of rotatable bonds is 4. The fourth-order valence-electron chi connectivity index (χ4n) is 0.947. The van der Waals surface area contributed by atoms with E-state index in [0.29, 0.717) is 15.4 Å². The van der Waals surface area contributed by atoms with Gasteiger partial charge >= 0.3 is 11.9 Å². The van der Waals surface area contributed by atoms with Gasteiger partial charge in [-0.25, -0.2) is 14.6 Å². The predicted molar refractivity (Wildman–Crippen MR) is 156 cm³/mol. The predicted octanol–water partition coefficient (Wildman–Crippen LogP) is 1.40. The van der Waals surface area contributed by atoms with E-state index in [1.807, 2.05) is 0 Å². The molecule has 0 aromatic carbocycles. The van der Waals surface area contributed by atoms with E-state index >= 15 is 0 Å². The van der Waals surface area contributed by atoms with Gasteiger partial charge in [-0.1, -0.05) is 15.9 Å². The van der Waals surface area contributed by atoms with Gasteiger partial charge in [-0.15, -0.1) is 28.3 Å². The Morgan fingerprint density at radius 3 is 1.68 bits per heavy atom. The van der Waals surface area contributed by atoms with Crippen molar-refractivity contribution >= 4 is 102 Å². The minimum Gasteiger partial charge on any atom is -0.476 e. The average molecular weight is 674 g/mol. The molecular formula is C17H35Br2N7O5S3. The van der Waals surface area contributed by atoms with Gasteiger partial charge in [0.1, 0.15) is 0 Å². The van der Waals surface area contributed by atoms with E-state index in [-0.39, 0.29) is 33.5 Å². The molecule has 0 aliphatic rings. The van der Waals surface area contributed by atoms with Crippen LogP contribution in [0.25, 0.3) is 0 Å². The summed E-state index contributed by atoms with van der Waals surface area (Å²) in [4.78, 5) is 33.4. The summed E-state index contributed by atoms with van der Waals surface area (Å²) in [7, 11) is 6.69. The lowest BCUT2D eigenvalue weighted by Gasteiger charge is -2.21. The highest BCUT2D eigenvalue weighted by molar-refractivity contribution is 9.09. The number of carbonyl (C=O) groups excluding carboxylic acids is 1. The number of carbonyl (C=O) groups is 3. The number of anilines is 1. The number of carboxylic acids is 2. The van der Waals surface area contributed by atoms with Crippen LogP contribution >= 0.6 is 68.7 Å². The summed E-state index contributed by atoms with van der Waals surface area (Å²) in [6, 6.07) is 0. The summed E-state index contributed by atoms with van der Waals surface area (Å²) in [5.74, 6) is -3.20. The fourth-order valence-corrected chi connectivity index (χ4v) is 2.14. The van der Waals surface area contributed by atoms with E-state index in [2.05, 4.69) is 80.9 Å². The molecule has 0 atom stereocenters. The number of Topliss-reactive ketones (excluding diaryl/α,β-unsaturated/α-hetero) is 1. The molecule has 0 saturated carbocycles. The van der Waals surface area contributed by atoms with Crippen LogP contribution in [0.2, 0.25) is 0 Å². The SMILES string of the molecule is Br.CN.CNC(=S)NC(C)(C)C.CNC(N)=S.CNc1nc(C(=O)O)cs1.O=C(O)C(=O)CBr. The Hall–Kier alpha value is -1.66. The smallest absolute Gasteiger partial charge is 0.373 e. The number of hydrogen-bond acceptors (Lipinski definition) is 9. The van der Waals surface area contributed by atoms with Crippen LogP contribution in [0.1, 0.15) is 31.3 Å². The summed E-state index contributed by atoms with van der Waals surface area (Å²) in [6.07, 6.45) is 0. The van der Waals surface area contributed by atoms with Crippen molar-refractivity contribution in [3.05, 3.63) is 11.1 Å². The molecule has 17 heteroatoms. The fraction of sp³-hybridized carbons (Fsp3) is 0.529. The maximum absolute atomic E-state index is 10.2. The zero-order valence-corrected chi connectivity index (χ0v) is 25.8. The van der Waals surface area contributed by atoms with E-state index in [1.165, 1.54) is 23.8 Å². The molecule has 0 saturated heterocycles. The first-order valence-corrected chi connectivity index (χ1v) is 11.7. The molecule has 1 aromatic rings. The van der Waals surface area contributed by atoms with Crippen LogP contribution in [0, 0.1) is 0 Å². The molecule has 0 aliphatic carbocycles. The molecule has 0 spiro atoms. The molecule has 0 unspecified atom stereocenters. The Balaban J connectivity index is -0.000000109. The Morgan fingerprint density at radius 1 is 1.12 bits per heavy atom. The van der Waals surface area contributed by atoms with Crippen LogP contribution in [0.5, 0.6) is 0 Å². The molecule has 1 rings (SSSR count). The molecule has 0 amide bonds. The highest BCUT2D eigenvalue weighted by Crippen LogP contribution is 2.13. The molecule has 0 radical (unpaired) electrons. The number of thiocarbonyl (C=S) groups is 2. The number of thiazole rings is 1. The van der Waals surface area contributed by atoms with Crippen molar-refractivity contribution in [1.82, 2.24) is 20.9 Å². The minimum atomic E-state index is -1.39. The Kier molecular flexibility index (Phi) is 32.4. The van der Waals surface area contributed by atoms with Crippen LogP contribution < -0.4 is 32.7 Å². The number of nitrogens with zero attached hydrogens (tertiary/aromatic N) is 1. The van der Waals surface area contributed by atoms with Gasteiger partial charge in [-0.05, 0) is 52.3 Å². The lowest BCUT2D eigenvalue weighted by atomic mass is 10.1. The zero-order chi connectivity index (χ0) is 27.2. The van der Waals surface area contributed by atoms with Crippen molar-refractivity contribution in [2.24, 2.45) is 11.5 Å². The molecule has 200 valence electrons. The van der Waals surface area contributed by atoms with Crippen molar-refractivity contribution in [1.29, 1.82) is 0 Å². The van der Waals surface area contributed by atoms with E-state index in [1.54, 1.807) is 21.1 Å². The number of nitrogens with one attached hydrogen (secondary N) is 4. The van der Waals surface area contributed by atoms with Crippen LogP contribution in [0.4, 0.5) is 5.13 Å². The third kappa shape index (κ3) is 32.5. The second-order valence-electron chi connectivity index (χ2n) is 6.02. The summed E-state index contributed by atoms with van der Waals surface area (Å²) in [6.45, 7) is 6.20. The van der Waals surface area contributed by atoms with Crippen LogP contribution in [-0.2, 0) is 9.59 Å². The number of aliphatic carboxylic acids is 1. The van der Waals surface area contributed by atoms with Gasteiger partial charge in [0.2, 0.25) is 5.78 Å². The van der Waals surface area contributed by atoms with Gasteiger partial charge in [0.25, 0.3) is 0 Å². The summed E-state index contributed by atoms with van der Waals surface area (Å²) in [5, 5.41) is 30.5. The van der Waals surface area contributed by atoms with Gasteiger partial charge in [0.05, 0.1) is 5.33 Å². The van der Waals surface area contributed by atoms with Gasteiger partial charge < -0.3 is 42.9 Å². The van der Waals surface area contributed by atoms with Gasteiger partial charge in [-0.3, -0.25) is 4.79 Å². The highest BCUT2D eigenvalue weighted by atomic mass is 79.9. The van der Waals surface area contributed by atoms with Crippen molar-refractivity contribution < 1.29 is 24.6 Å². The molecule has 1 heterocycles. The quantitative estimate of drug-likeness (QED) is 0.129. The number of ketones is 1. The second kappa shape index (κ2) is 26.0. The van der Waals surface area contributed by atoms with Crippen molar-refractivity contribution in [2.45, 2.75) is 26.3 Å². The first kappa shape index (κ1) is 42.5. The number of carboxylic acid groups (broad SMARTS) is 2. The monoisotopic (exact) mass is 671 g/mol. The van der Waals surface area contributed by atoms with Gasteiger partial charge in [-0.2, -0.15) is 0 Å². The lowest BCUT2D eigenvalue weighted by Crippen LogP contribution is -2.44.